The Morgan fingerprint density at radius 3 is 2.58 bits per heavy atom. The van der Waals surface area contributed by atoms with Gasteiger partial charge in [-0.3, -0.25) is 0 Å². The van der Waals surface area contributed by atoms with Crippen LogP contribution in [0, 0.1) is 12.8 Å². The summed E-state index contributed by atoms with van der Waals surface area (Å²) < 4.78 is 26.4. The predicted molar refractivity (Wildman–Crippen MR) is 74.1 cm³/mol. The SMILES string of the molecule is Cc1cccc(N)c1S(=O)(=O)N(C)CC1CC(O)C1. The molecule has 1 aromatic rings. The van der Waals surface area contributed by atoms with Gasteiger partial charge in [0.05, 0.1) is 11.8 Å². The second-order valence-corrected chi connectivity index (χ2v) is 7.25. The Bertz CT molecular complexity index is 545. The molecule has 0 saturated heterocycles. The topological polar surface area (TPSA) is 83.6 Å². The van der Waals surface area contributed by atoms with Gasteiger partial charge in [0, 0.05) is 13.6 Å². The van der Waals surface area contributed by atoms with Crippen LogP contribution in [0.1, 0.15) is 18.4 Å². The highest BCUT2D eigenvalue weighted by atomic mass is 32.2. The summed E-state index contributed by atoms with van der Waals surface area (Å²) in [6.07, 6.45) is 1.07. The average Bonchev–Trinajstić information content (AvgIpc) is 2.26. The largest absolute Gasteiger partial charge is 0.398 e. The zero-order valence-electron chi connectivity index (χ0n) is 11.2. The van der Waals surface area contributed by atoms with Gasteiger partial charge in [-0.05, 0) is 37.3 Å². The van der Waals surface area contributed by atoms with Crippen molar-refractivity contribution in [3.8, 4) is 0 Å². The van der Waals surface area contributed by atoms with Crippen molar-refractivity contribution in [1.82, 2.24) is 4.31 Å². The number of nitrogen functional groups attached to an aromatic ring is 1. The lowest BCUT2D eigenvalue weighted by molar-refractivity contribution is 0.0367. The third kappa shape index (κ3) is 2.75. The molecule has 0 unspecified atom stereocenters. The van der Waals surface area contributed by atoms with Crippen LogP contribution in [0.5, 0.6) is 0 Å². The first-order chi connectivity index (χ1) is 8.82. The van der Waals surface area contributed by atoms with Crippen molar-refractivity contribution in [3.05, 3.63) is 23.8 Å². The molecule has 0 spiro atoms. The summed E-state index contributed by atoms with van der Waals surface area (Å²) in [4.78, 5) is 0.192. The standard InChI is InChI=1S/C13H20N2O3S/c1-9-4-3-5-12(14)13(9)19(17,18)15(2)8-10-6-11(16)7-10/h3-5,10-11,16H,6-8,14H2,1-2H3. The Morgan fingerprint density at radius 2 is 2.05 bits per heavy atom. The molecule has 0 amide bonds. The van der Waals surface area contributed by atoms with Crippen LogP contribution >= 0.6 is 0 Å². The zero-order valence-corrected chi connectivity index (χ0v) is 12.0. The van der Waals surface area contributed by atoms with Crippen LogP contribution < -0.4 is 5.73 Å². The fourth-order valence-electron chi connectivity index (χ4n) is 2.49. The molecule has 19 heavy (non-hydrogen) atoms. The second-order valence-electron chi connectivity index (χ2n) is 5.27. The van der Waals surface area contributed by atoms with Gasteiger partial charge in [-0.1, -0.05) is 12.1 Å². The molecule has 0 aliphatic heterocycles. The predicted octanol–water partition coefficient (Wildman–Crippen LogP) is 0.969. The number of nitrogens with zero attached hydrogens (tertiary/aromatic N) is 1. The van der Waals surface area contributed by atoms with Crippen molar-refractivity contribution < 1.29 is 13.5 Å². The summed E-state index contributed by atoms with van der Waals surface area (Å²) in [6.45, 7) is 2.16. The Morgan fingerprint density at radius 1 is 1.42 bits per heavy atom. The monoisotopic (exact) mass is 284 g/mol. The van der Waals surface area contributed by atoms with Crippen LogP contribution in [0.4, 0.5) is 5.69 Å². The lowest BCUT2D eigenvalue weighted by atomic mass is 9.82. The number of anilines is 1. The van der Waals surface area contributed by atoms with Gasteiger partial charge in [-0.15, -0.1) is 0 Å². The Balaban J connectivity index is 2.22. The van der Waals surface area contributed by atoms with Crippen molar-refractivity contribution in [1.29, 1.82) is 0 Å². The van der Waals surface area contributed by atoms with Gasteiger partial charge >= 0.3 is 0 Å². The molecule has 1 aromatic carbocycles. The average molecular weight is 284 g/mol. The minimum atomic E-state index is -3.56. The lowest BCUT2D eigenvalue weighted by Crippen LogP contribution is -2.39. The highest BCUT2D eigenvalue weighted by molar-refractivity contribution is 7.89. The number of sulfonamides is 1. The molecule has 1 aliphatic rings. The van der Waals surface area contributed by atoms with Gasteiger partial charge in [0.2, 0.25) is 10.0 Å². The van der Waals surface area contributed by atoms with Gasteiger partial charge in [0.15, 0.2) is 0 Å². The number of rotatable bonds is 4. The number of aliphatic hydroxyl groups is 1. The van der Waals surface area contributed by atoms with Gasteiger partial charge in [0.25, 0.3) is 0 Å². The summed E-state index contributed by atoms with van der Waals surface area (Å²) in [7, 11) is -2.00. The zero-order chi connectivity index (χ0) is 14.2. The molecule has 0 heterocycles. The summed E-state index contributed by atoms with van der Waals surface area (Å²) in [6, 6.07) is 5.08. The molecule has 1 fully saturated rings. The molecule has 5 nitrogen and oxygen atoms in total. The van der Waals surface area contributed by atoms with Crippen LogP contribution in [-0.4, -0.2) is 37.5 Å². The van der Waals surface area contributed by atoms with Crippen LogP contribution in [0.2, 0.25) is 0 Å². The Hall–Kier alpha value is -1.11. The minimum absolute atomic E-state index is 0.192. The van der Waals surface area contributed by atoms with Crippen LogP contribution in [0.25, 0.3) is 0 Å². The first kappa shape index (κ1) is 14.3. The third-order valence-electron chi connectivity index (χ3n) is 3.64. The van der Waals surface area contributed by atoms with Gasteiger partial charge in [0.1, 0.15) is 4.90 Å². The minimum Gasteiger partial charge on any atom is -0.398 e. The molecule has 0 radical (unpaired) electrons. The van der Waals surface area contributed by atoms with Crippen LogP contribution in [0.15, 0.2) is 23.1 Å². The maximum atomic E-state index is 12.5. The summed E-state index contributed by atoms with van der Waals surface area (Å²) in [5, 5.41) is 9.25. The van der Waals surface area contributed by atoms with Gasteiger partial charge in [-0.25, -0.2) is 12.7 Å². The van der Waals surface area contributed by atoms with E-state index in [2.05, 4.69) is 0 Å². The number of aryl methyl sites for hydroxylation is 1. The van der Waals surface area contributed by atoms with E-state index in [1.165, 1.54) is 4.31 Å². The Kier molecular flexibility index (Phi) is 3.85. The van der Waals surface area contributed by atoms with E-state index < -0.39 is 10.0 Å². The smallest absolute Gasteiger partial charge is 0.245 e. The first-order valence-electron chi connectivity index (χ1n) is 6.32. The molecule has 0 aromatic heterocycles. The molecular formula is C13H20N2O3S. The van der Waals surface area contributed by atoms with Gasteiger partial charge in [-0.2, -0.15) is 0 Å². The maximum Gasteiger partial charge on any atom is 0.245 e. The lowest BCUT2D eigenvalue weighted by Gasteiger charge is -2.34. The normalized spacial score (nSPS) is 23.4. The fourth-order valence-corrected chi connectivity index (χ4v) is 4.05. The van der Waals surface area contributed by atoms with E-state index in [0.29, 0.717) is 24.9 Å². The number of benzene rings is 1. The van der Waals surface area contributed by atoms with Crippen LogP contribution in [0.3, 0.4) is 0 Å². The maximum absolute atomic E-state index is 12.5. The highest BCUT2D eigenvalue weighted by Crippen LogP contribution is 2.31. The summed E-state index contributed by atoms with van der Waals surface area (Å²) in [5.41, 5.74) is 6.73. The van der Waals surface area contributed by atoms with Gasteiger partial charge < -0.3 is 10.8 Å². The van der Waals surface area contributed by atoms with Crippen molar-refractivity contribution in [2.75, 3.05) is 19.3 Å². The van der Waals surface area contributed by atoms with Crippen LogP contribution in [-0.2, 0) is 10.0 Å². The summed E-state index contributed by atoms with van der Waals surface area (Å²) in [5.74, 6) is 0.236. The summed E-state index contributed by atoms with van der Waals surface area (Å²) >= 11 is 0. The van der Waals surface area contributed by atoms with E-state index in [4.69, 9.17) is 5.73 Å². The number of aliphatic hydroxyl groups excluding tert-OH is 1. The van der Waals surface area contributed by atoms with Crippen molar-refractivity contribution >= 4 is 15.7 Å². The molecular weight excluding hydrogens is 264 g/mol. The first-order valence-corrected chi connectivity index (χ1v) is 7.76. The van der Waals surface area contributed by atoms with E-state index in [1.54, 1.807) is 32.2 Å². The molecule has 106 valence electrons. The van der Waals surface area contributed by atoms with Crippen molar-refractivity contribution in [3.63, 3.8) is 0 Å². The van der Waals surface area contributed by atoms with Crippen molar-refractivity contribution in [2.24, 2.45) is 5.92 Å². The van der Waals surface area contributed by atoms with E-state index in [9.17, 15) is 13.5 Å². The van der Waals surface area contributed by atoms with Crippen molar-refractivity contribution in [2.45, 2.75) is 30.8 Å². The van der Waals surface area contributed by atoms with E-state index in [1.807, 2.05) is 0 Å². The molecule has 2 rings (SSSR count). The number of hydrogen-bond acceptors (Lipinski definition) is 4. The third-order valence-corrected chi connectivity index (χ3v) is 5.68. The Labute approximate surface area is 114 Å². The molecule has 1 aliphatic carbocycles. The second kappa shape index (κ2) is 5.11. The quantitative estimate of drug-likeness (QED) is 0.807. The van der Waals surface area contributed by atoms with E-state index in [0.717, 1.165) is 0 Å². The molecule has 3 N–H and O–H groups in total. The highest BCUT2D eigenvalue weighted by Gasteiger charge is 2.32. The number of hydrogen-bond donors (Lipinski definition) is 2. The molecule has 1 saturated carbocycles. The van der Waals surface area contributed by atoms with E-state index >= 15 is 0 Å². The van der Waals surface area contributed by atoms with E-state index in [-0.39, 0.29) is 22.6 Å². The molecule has 6 heteroatoms. The number of nitrogens with two attached hydrogens (primary N) is 1. The molecule has 0 atom stereocenters. The fraction of sp³-hybridized carbons (Fsp3) is 0.538. The molecule has 0 bridgehead atoms.